The Labute approximate surface area is 123 Å². The van der Waals surface area contributed by atoms with Gasteiger partial charge in [0.1, 0.15) is 0 Å². The largest absolute Gasteiger partial charge is 0.289 e. The molecule has 0 N–H and O–H groups in total. The van der Waals surface area contributed by atoms with E-state index >= 15 is 0 Å². The predicted octanol–water partition coefficient (Wildman–Crippen LogP) is 5.15. The second kappa shape index (κ2) is 5.36. The van der Waals surface area contributed by atoms with E-state index in [2.05, 4.69) is 0 Å². The Balaban J connectivity index is 2.49. The number of carbonyl (C=O) groups is 1. The fraction of sp³-hybridized carbons (Fsp3) is 0.188. The molecule has 0 spiro atoms. The van der Waals surface area contributed by atoms with Crippen LogP contribution in [0.25, 0.3) is 0 Å². The van der Waals surface area contributed by atoms with Crippen LogP contribution in [0, 0.1) is 20.8 Å². The minimum atomic E-state index is -0.0285. The number of benzene rings is 2. The van der Waals surface area contributed by atoms with Gasteiger partial charge in [-0.05, 0) is 61.7 Å². The number of rotatable bonds is 2. The molecule has 0 unspecified atom stereocenters. The normalized spacial score (nSPS) is 10.6. The molecule has 2 aromatic carbocycles. The molecule has 0 fully saturated rings. The van der Waals surface area contributed by atoms with E-state index in [0.29, 0.717) is 21.2 Å². The summed E-state index contributed by atoms with van der Waals surface area (Å²) in [5.41, 5.74) is 4.53. The Morgan fingerprint density at radius 2 is 1.47 bits per heavy atom. The quantitative estimate of drug-likeness (QED) is 0.700. The molecule has 98 valence electrons. The summed E-state index contributed by atoms with van der Waals surface area (Å²) in [6.07, 6.45) is 0. The minimum Gasteiger partial charge on any atom is -0.289 e. The summed E-state index contributed by atoms with van der Waals surface area (Å²) < 4.78 is 0. The number of hydrogen-bond acceptors (Lipinski definition) is 1. The molecule has 3 heteroatoms. The molecule has 0 saturated heterocycles. The van der Waals surface area contributed by atoms with Gasteiger partial charge in [-0.25, -0.2) is 0 Å². The van der Waals surface area contributed by atoms with Crippen molar-refractivity contribution in [1.29, 1.82) is 0 Å². The van der Waals surface area contributed by atoms with E-state index in [9.17, 15) is 4.79 Å². The molecule has 0 aliphatic rings. The van der Waals surface area contributed by atoms with E-state index in [1.54, 1.807) is 18.2 Å². The monoisotopic (exact) mass is 292 g/mol. The van der Waals surface area contributed by atoms with Crippen LogP contribution in [0.15, 0.2) is 30.3 Å². The highest BCUT2D eigenvalue weighted by Crippen LogP contribution is 2.25. The van der Waals surface area contributed by atoms with Crippen LogP contribution in [0.4, 0.5) is 0 Å². The number of carbonyl (C=O) groups excluding carboxylic acids is 1. The first-order valence-corrected chi connectivity index (χ1v) is 6.73. The lowest BCUT2D eigenvalue weighted by Crippen LogP contribution is -2.05. The van der Waals surface area contributed by atoms with Crippen molar-refractivity contribution in [2.24, 2.45) is 0 Å². The lowest BCUT2D eigenvalue weighted by atomic mass is 9.95. The smallest absolute Gasteiger partial charge is 0.193 e. The van der Waals surface area contributed by atoms with E-state index in [-0.39, 0.29) is 5.78 Å². The number of halogens is 2. The number of ketones is 1. The third-order valence-corrected chi connectivity index (χ3v) is 4.01. The third-order valence-electron chi connectivity index (χ3n) is 3.27. The average molecular weight is 293 g/mol. The summed E-state index contributed by atoms with van der Waals surface area (Å²) in [7, 11) is 0. The lowest BCUT2D eigenvalue weighted by Gasteiger charge is -2.09. The van der Waals surface area contributed by atoms with Gasteiger partial charge >= 0.3 is 0 Å². The third kappa shape index (κ3) is 2.83. The van der Waals surface area contributed by atoms with Crippen molar-refractivity contribution in [1.82, 2.24) is 0 Å². The summed E-state index contributed by atoms with van der Waals surface area (Å²) in [5.74, 6) is -0.0285. The molecule has 0 atom stereocenters. The Hall–Kier alpha value is -1.31. The summed E-state index contributed by atoms with van der Waals surface area (Å²) in [5, 5.41) is 0.851. The van der Waals surface area contributed by atoms with Crippen LogP contribution >= 0.6 is 23.2 Å². The molecular formula is C16H14Cl2O. The Morgan fingerprint density at radius 3 is 2.11 bits per heavy atom. The van der Waals surface area contributed by atoms with Gasteiger partial charge in [0.25, 0.3) is 0 Å². The SMILES string of the molecule is Cc1cc(C)c(C(=O)c2ccc(Cl)c(Cl)c2)cc1C. The van der Waals surface area contributed by atoms with E-state index in [1.807, 2.05) is 32.9 Å². The number of aryl methyl sites for hydroxylation is 3. The van der Waals surface area contributed by atoms with Gasteiger partial charge in [-0.15, -0.1) is 0 Å². The summed E-state index contributed by atoms with van der Waals surface area (Å²) in [6, 6.07) is 8.91. The molecule has 0 saturated carbocycles. The highest BCUT2D eigenvalue weighted by Gasteiger charge is 2.14. The molecule has 0 radical (unpaired) electrons. The molecule has 2 aromatic rings. The fourth-order valence-electron chi connectivity index (χ4n) is 2.00. The van der Waals surface area contributed by atoms with Gasteiger partial charge in [0, 0.05) is 11.1 Å². The lowest BCUT2D eigenvalue weighted by molar-refractivity contribution is 0.103. The molecule has 0 aliphatic heterocycles. The van der Waals surface area contributed by atoms with Gasteiger partial charge in [-0.1, -0.05) is 29.3 Å². The Kier molecular flexibility index (Phi) is 3.98. The second-order valence-corrected chi connectivity index (χ2v) is 5.52. The predicted molar refractivity (Wildman–Crippen MR) is 80.5 cm³/mol. The van der Waals surface area contributed by atoms with Crippen LogP contribution in [0.3, 0.4) is 0 Å². The van der Waals surface area contributed by atoms with Crippen molar-refractivity contribution in [3.63, 3.8) is 0 Å². The van der Waals surface area contributed by atoms with Crippen molar-refractivity contribution in [3.8, 4) is 0 Å². The molecule has 0 heterocycles. The molecule has 19 heavy (non-hydrogen) atoms. The van der Waals surface area contributed by atoms with E-state index in [4.69, 9.17) is 23.2 Å². The van der Waals surface area contributed by atoms with E-state index in [1.165, 1.54) is 5.56 Å². The van der Waals surface area contributed by atoms with Crippen molar-refractivity contribution in [3.05, 3.63) is 68.2 Å². The topological polar surface area (TPSA) is 17.1 Å². The first-order chi connectivity index (χ1) is 8.90. The van der Waals surface area contributed by atoms with Gasteiger partial charge in [0.15, 0.2) is 5.78 Å². The van der Waals surface area contributed by atoms with Crippen LogP contribution < -0.4 is 0 Å². The van der Waals surface area contributed by atoms with Gasteiger partial charge in [-0.3, -0.25) is 4.79 Å². The maximum Gasteiger partial charge on any atom is 0.193 e. The van der Waals surface area contributed by atoms with Crippen molar-refractivity contribution in [2.75, 3.05) is 0 Å². The average Bonchev–Trinajstić information content (AvgIpc) is 2.36. The molecular weight excluding hydrogens is 279 g/mol. The van der Waals surface area contributed by atoms with Gasteiger partial charge in [-0.2, -0.15) is 0 Å². The van der Waals surface area contributed by atoms with E-state index < -0.39 is 0 Å². The summed E-state index contributed by atoms with van der Waals surface area (Å²) >= 11 is 11.8. The zero-order valence-electron chi connectivity index (χ0n) is 11.1. The maximum atomic E-state index is 12.5. The van der Waals surface area contributed by atoms with Crippen LogP contribution in [0.1, 0.15) is 32.6 Å². The van der Waals surface area contributed by atoms with E-state index in [0.717, 1.165) is 11.1 Å². The Morgan fingerprint density at radius 1 is 0.842 bits per heavy atom. The van der Waals surface area contributed by atoms with Crippen LogP contribution in [-0.2, 0) is 0 Å². The zero-order valence-corrected chi connectivity index (χ0v) is 12.6. The molecule has 2 rings (SSSR count). The summed E-state index contributed by atoms with van der Waals surface area (Å²) in [6.45, 7) is 5.98. The first-order valence-electron chi connectivity index (χ1n) is 5.97. The van der Waals surface area contributed by atoms with Crippen LogP contribution in [-0.4, -0.2) is 5.78 Å². The molecule has 0 amide bonds. The highest BCUT2D eigenvalue weighted by atomic mass is 35.5. The standard InChI is InChI=1S/C16H14Cl2O/c1-9-6-11(3)13(7-10(9)2)16(19)12-4-5-14(17)15(18)8-12/h4-8H,1-3H3. The van der Waals surface area contributed by atoms with Gasteiger partial charge in [0.05, 0.1) is 10.0 Å². The van der Waals surface area contributed by atoms with Crippen molar-refractivity contribution >= 4 is 29.0 Å². The van der Waals surface area contributed by atoms with Crippen molar-refractivity contribution in [2.45, 2.75) is 20.8 Å². The molecule has 1 nitrogen and oxygen atoms in total. The zero-order chi connectivity index (χ0) is 14.2. The fourth-order valence-corrected chi connectivity index (χ4v) is 2.30. The minimum absolute atomic E-state index is 0.0285. The number of hydrogen-bond donors (Lipinski definition) is 0. The molecule has 0 bridgehead atoms. The summed E-state index contributed by atoms with van der Waals surface area (Å²) in [4.78, 5) is 12.5. The Bertz CT molecular complexity index is 660. The van der Waals surface area contributed by atoms with Gasteiger partial charge in [0.2, 0.25) is 0 Å². The van der Waals surface area contributed by atoms with Crippen LogP contribution in [0.5, 0.6) is 0 Å². The molecule has 0 aromatic heterocycles. The first kappa shape index (κ1) is 14.1. The van der Waals surface area contributed by atoms with Crippen LogP contribution in [0.2, 0.25) is 10.0 Å². The highest BCUT2D eigenvalue weighted by molar-refractivity contribution is 6.42. The second-order valence-electron chi connectivity index (χ2n) is 4.71. The van der Waals surface area contributed by atoms with Gasteiger partial charge < -0.3 is 0 Å². The van der Waals surface area contributed by atoms with Crippen molar-refractivity contribution < 1.29 is 4.79 Å². The maximum absolute atomic E-state index is 12.5. The molecule has 0 aliphatic carbocycles.